The molecule has 1 saturated carbocycles. The molecular weight excluding hydrogens is 480 g/mol. The van der Waals surface area contributed by atoms with Gasteiger partial charge in [-0.3, -0.25) is 19.2 Å². The first-order valence-corrected chi connectivity index (χ1v) is 12.1. The molecule has 4 rings (SSSR count). The van der Waals surface area contributed by atoms with Gasteiger partial charge in [0.05, 0.1) is 11.1 Å². The van der Waals surface area contributed by atoms with Crippen LogP contribution >= 0.6 is 0 Å². The number of rotatable bonds is 4. The van der Waals surface area contributed by atoms with Crippen molar-refractivity contribution >= 4 is 34.7 Å². The second kappa shape index (κ2) is 8.44. The summed E-state index contributed by atoms with van der Waals surface area (Å²) in [6.45, 7) is 5.64. The molecule has 10 heteroatoms. The van der Waals surface area contributed by atoms with Crippen molar-refractivity contribution in [3.05, 3.63) is 39.7 Å². The maximum atomic E-state index is 13.7. The zero-order chi connectivity index (χ0) is 27.8. The lowest BCUT2D eigenvalue weighted by atomic mass is 9.59. The van der Waals surface area contributed by atoms with Crippen LogP contribution in [-0.2, 0) is 20.8 Å². The van der Waals surface area contributed by atoms with E-state index in [1.807, 2.05) is 20.8 Å². The quantitative estimate of drug-likeness (QED) is 0.298. The van der Waals surface area contributed by atoms with E-state index in [9.17, 15) is 39.6 Å². The van der Waals surface area contributed by atoms with Gasteiger partial charge in [-0.25, -0.2) is 0 Å². The fourth-order valence-electron chi connectivity index (χ4n) is 5.86. The Labute approximate surface area is 214 Å². The summed E-state index contributed by atoms with van der Waals surface area (Å²) in [6, 6.07) is 1.57. The number of fused-ring (bicyclic) bond motifs is 3. The van der Waals surface area contributed by atoms with Crippen LogP contribution in [0.4, 0.5) is 5.69 Å². The summed E-state index contributed by atoms with van der Waals surface area (Å²) in [4.78, 5) is 52.8. The van der Waals surface area contributed by atoms with Crippen molar-refractivity contribution in [2.75, 3.05) is 19.0 Å². The molecule has 1 fully saturated rings. The van der Waals surface area contributed by atoms with Gasteiger partial charge >= 0.3 is 0 Å². The number of amides is 1. The van der Waals surface area contributed by atoms with E-state index in [4.69, 9.17) is 5.73 Å². The summed E-state index contributed by atoms with van der Waals surface area (Å²) in [5.74, 6) is -7.35. The first kappa shape index (κ1) is 26.4. The lowest BCUT2D eigenvalue weighted by molar-refractivity contribution is -0.147. The Morgan fingerprint density at radius 1 is 1.14 bits per heavy atom. The van der Waals surface area contributed by atoms with Crippen molar-refractivity contribution in [3.63, 3.8) is 0 Å². The van der Waals surface area contributed by atoms with E-state index in [1.165, 1.54) is 0 Å². The average molecular weight is 513 g/mol. The summed E-state index contributed by atoms with van der Waals surface area (Å²) < 4.78 is 0. The van der Waals surface area contributed by atoms with Gasteiger partial charge in [0.2, 0.25) is 5.78 Å². The summed E-state index contributed by atoms with van der Waals surface area (Å²) in [5, 5.41) is 44.6. The predicted molar refractivity (Wildman–Crippen MR) is 134 cm³/mol. The Hall–Kier alpha value is -3.66. The third-order valence-corrected chi connectivity index (χ3v) is 7.51. The van der Waals surface area contributed by atoms with Gasteiger partial charge in [-0.1, -0.05) is 20.8 Å². The van der Waals surface area contributed by atoms with Crippen LogP contribution in [0.1, 0.15) is 61.5 Å². The molecule has 0 bridgehead atoms. The number of aliphatic hydroxyl groups excluding tert-OH is 2. The number of nitrogens with two attached hydrogens (primary N) is 1. The standard InChI is InChI=1S/C27H32N2O8/c1-26(2,3)10-17(31)14-9-15(29(4)5)13-7-11-6-12-8-16(30)20(25(28)36)24(35)27(12,37)23(34)18(11)22(33)19(13)21(14)32/h9,11-12,32-33,35,37H,6-8,10H2,1-5H3,(H2,28,36)/t11-,12?,27+/m1/s1. The molecule has 0 aliphatic heterocycles. The molecule has 1 aromatic carbocycles. The normalized spacial score (nSPS) is 25.5. The second-order valence-corrected chi connectivity index (χ2v) is 11.6. The largest absolute Gasteiger partial charge is 0.508 e. The van der Waals surface area contributed by atoms with E-state index in [0.29, 0.717) is 11.3 Å². The number of aliphatic hydroxyl groups is 3. The van der Waals surface area contributed by atoms with Crippen LogP contribution in [0.15, 0.2) is 23.0 Å². The van der Waals surface area contributed by atoms with Crippen molar-refractivity contribution in [1.29, 1.82) is 0 Å². The minimum atomic E-state index is -2.63. The fraction of sp³-hybridized carbons (Fsp3) is 0.481. The lowest BCUT2D eigenvalue weighted by Crippen LogP contribution is -2.58. The van der Waals surface area contributed by atoms with Gasteiger partial charge in [0.1, 0.15) is 22.8 Å². The minimum absolute atomic E-state index is 0.00941. The Morgan fingerprint density at radius 2 is 1.76 bits per heavy atom. The van der Waals surface area contributed by atoms with Crippen LogP contribution in [-0.4, -0.2) is 63.4 Å². The monoisotopic (exact) mass is 512 g/mol. The molecule has 3 aliphatic rings. The molecule has 0 spiro atoms. The number of anilines is 1. The van der Waals surface area contributed by atoms with Gasteiger partial charge < -0.3 is 31.1 Å². The number of hydrogen-bond donors (Lipinski definition) is 5. The van der Waals surface area contributed by atoms with Crippen molar-refractivity contribution < 1.29 is 39.6 Å². The second-order valence-electron chi connectivity index (χ2n) is 11.6. The number of ketones is 3. The lowest BCUT2D eigenvalue weighted by Gasteiger charge is -2.46. The number of nitrogens with zero attached hydrogens (tertiary/aromatic N) is 1. The number of carbonyl (C=O) groups excluding carboxylic acids is 4. The molecule has 0 heterocycles. The molecular formula is C27H32N2O8. The average Bonchev–Trinajstić information content (AvgIpc) is 2.74. The topological polar surface area (TPSA) is 178 Å². The zero-order valence-corrected chi connectivity index (χ0v) is 21.5. The van der Waals surface area contributed by atoms with Gasteiger partial charge in [0.25, 0.3) is 5.91 Å². The fourth-order valence-corrected chi connectivity index (χ4v) is 5.86. The molecule has 37 heavy (non-hydrogen) atoms. The highest BCUT2D eigenvalue weighted by Crippen LogP contribution is 2.53. The van der Waals surface area contributed by atoms with Crippen LogP contribution < -0.4 is 10.6 Å². The molecule has 198 valence electrons. The van der Waals surface area contributed by atoms with E-state index in [-0.39, 0.29) is 53.6 Å². The Balaban J connectivity index is 1.95. The third-order valence-electron chi connectivity index (χ3n) is 7.51. The van der Waals surface area contributed by atoms with E-state index in [1.54, 1.807) is 25.1 Å². The Kier molecular flexibility index (Phi) is 6.02. The van der Waals surface area contributed by atoms with Crippen molar-refractivity contribution in [2.24, 2.45) is 23.0 Å². The highest BCUT2D eigenvalue weighted by molar-refractivity contribution is 6.22. The van der Waals surface area contributed by atoms with E-state index >= 15 is 0 Å². The molecule has 1 amide bonds. The molecule has 6 N–H and O–H groups in total. The number of benzene rings is 1. The molecule has 0 aromatic heterocycles. The maximum Gasteiger partial charge on any atom is 0.255 e. The molecule has 0 radical (unpaired) electrons. The first-order valence-electron chi connectivity index (χ1n) is 12.1. The zero-order valence-electron chi connectivity index (χ0n) is 21.5. The molecule has 1 unspecified atom stereocenters. The van der Waals surface area contributed by atoms with Crippen molar-refractivity contribution in [1.82, 2.24) is 0 Å². The van der Waals surface area contributed by atoms with E-state index in [0.717, 1.165) is 0 Å². The molecule has 3 atom stereocenters. The third kappa shape index (κ3) is 3.90. The number of primary amides is 1. The van der Waals surface area contributed by atoms with Gasteiger partial charge in [-0.15, -0.1) is 0 Å². The highest BCUT2D eigenvalue weighted by Gasteiger charge is 2.60. The summed E-state index contributed by atoms with van der Waals surface area (Å²) in [6.07, 6.45) is -0.0480. The number of carbonyl (C=O) groups is 4. The van der Waals surface area contributed by atoms with Crippen molar-refractivity contribution in [3.8, 4) is 5.75 Å². The van der Waals surface area contributed by atoms with Gasteiger partial charge in [0.15, 0.2) is 17.2 Å². The van der Waals surface area contributed by atoms with Crippen LogP contribution in [0.5, 0.6) is 5.75 Å². The maximum absolute atomic E-state index is 13.7. The van der Waals surface area contributed by atoms with Crippen LogP contribution in [0, 0.1) is 17.3 Å². The smallest absolute Gasteiger partial charge is 0.255 e. The van der Waals surface area contributed by atoms with E-state index < -0.39 is 57.8 Å². The Bertz CT molecular complexity index is 1330. The SMILES string of the molecule is CN(C)c1cc(C(=O)CC(C)(C)C)c(O)c2c1C[C@H]1CC3CC(=O)C(C(N)=O)=C(O)[C@@]3(O)C(=O)C1=C2O. The molecule has 10 nitrogen and oxygen atoms in total. The van der Waals surface area contributed by atoms with Crippen LogP contribution in [0.3, 0.4) is 0 Å². The number of Topliss-reactive ketones (excluding diaryl/α,β-unsaturated/α-hetero) is 3. The van der Waals surface area contributed by atoms with Crippen molar-refractivity contribution in [2.45, 2.75) is 52.1 Å². The number of phenols is 1. The van der Waals surface area contributed by atoms with Gasteiger partial charge in [-0.05, 0) is 35.8 Å². The molecule has 0 saturated heterocycles. The molecule has 1 aromatic rings. The first-order chi connectivity index (χ1) is 17.0. The summed E-state index contributed by atoms with van der Waals surface area (Å²) in [5.41, 5.74) is 2.13. The summed E-state index contributed by atoms with van der Waals surface area (Å²) >= 11 is 0. The van der Waals surface area contributed by atoms with E-state index in [2.05, 4.69) is 0 Å². The van der Waals surface area contributed by atoms with Crippen LogP contribution in [0.2, 0.25) is 0 Å². The predicted octanol–water partition coefficient (Wildman–Crippen LogP) is 2.11. The Morgan fingerprint density at radius 3 is 2.30 bits per heavy atom. The number of phenolic OH excluding ortho intramolecular Hbond substituents is 1. The van der Waals surface area contributed by atoms with Gasteiger partial charge in [0, 0.05) is 44.1 Å². The number of aromatic hydroxyl groups is 1. The highest BCUT2D eigenvalue weighted by atomic mass is 16.3. The van der Waals surface area contributed by atoms with Crippen LogP contribution in [0.25, 0.3) is 5.76 Å². The molecule has 3 aliphatic carbocycles. The minimum Gasteiger partial charge on any atom is -0.508 e. The van der Waals surface area contributed by atoms with Gasteiger partial charge in [-0.2, -0.15) is 0 Å². The number of hydrogen-bond acceptors (Lipinski definition) is 9. The summed E-state index contributed by atoms with van der Waals surface area (Å²) in [7, 11) is 3.50.